The molecule has 0 spiro atoms. The summed E-state index contributed by atoms with van der Waals surface area (Å²) in [5.41, 5.74) is -2.14. The molecule has 2 heterocycles. The normalized spacial score (nSPS) is 18.4. The van der Waals surface area contributed by atoms with Gasteiger partial charge in [0, 0.05) is 0 Å². The van der Waals surface area contributed by atoms with Crippen LogP contribution in [-0.2, 0) is 23.4 Å². The number of H-pyrrole nitrogens is 1. The van der Waals surface area contributed by atoms with Gasteiger partial charge in [-0.25, -0.2) is 9.36 Å². The lowest BCUT2D eigenvalue weighted by atomic mass is 10.1. The molecule has 1 aromatic carbocycles. The Labute approximate surface area is 224 Å². The van der Waals surface area contributed by atoms with Crippen molar-refractivity contribution >= 4 is 13.7 Å². The number of esters is 1. The van der Waals surface area contributed by atoms with Crippen molar-refractivity contribution in [1.29, 1.82) is 0 Å². The number of hydrogen-bond acceptors (Lipinski definition) is 9. The lowest BCUT2D eigenvalue weighted by Crippen LogP contribution is -2.36. The van der Waals surface area contributed by atoms with Crippen molar-refractivity contribution < 1.29 is 37.4 Å². The van der Waals surface area contributed by atoms with Crippen LogP contribution < -0.4 is 20.9 Å². The van der Waals surface area contributed by atoms with Crippen LogP contribution in [0.1, 0.15) is 53.2 Å². The zero-order valence-electron chi connectivity index (χ0n) is 22.1. The molecule has 2 aromatic rings. The molecule has 0 unspecified atom stereocenters. The van der Waals surface area contributed by atoms with E-state index in [1.165, 1.54) is 26.0 Å². The van der Waals surface area contributed by atoms with Gasteiger partial charge in [-0.1, -0.05) is 44.9 Å². The van der Waals surface area contributed by atoms with E-state index in [1.807, 2.05) is 18.8 Å². The SMILES string of the molecule is CCC(CC)COC(=O)[C@H](C)N[P@@](=O)(Oc1ccccc1)O[C@H](C)C1=C(O)C[C@H](n2cc(F)c(=O)[nH]c2=O)O1. The molecule has 1 aliphatic heterocycles. The van der Waals surface area contributed by atoms with Crippen molar-refractivity contribution in [2.24, 2.45) is 5.92 Å². The van der Waals surface area contributed by atoms with Gasteiger partial charge in [0.2, 0.25) is 5.82 Å². The maximum absolute atomic E-state index is 13.8. The highest BCUT2D eigenvalue weighted by atomic mass is 31.2. The van der Waals surface area contributed by atoms with Crippen molar-refractivity contribution in [2.45, 2.75) is 65.3 Å². The summed E-state index contributed by atoms with van der Waals surface area (Å²) in [7, 11) is -4.32. The minimum Gasteiger partial charge on any atom is -0.508 e. The molecule has 0 saturated heterocycles. The zero-order chi connectivity index (χ0) is 28.7. The Hall–Kier alpha value is -3.41. The summed E-state index contributed by atoms with van der Waals surface area (Å²) in [5.74, 6) is -2.05. The van der Waals surface area contributed by atoms with Gasteiger partial charge >= 0.3 is 19.4 Å². The molecular formula is C25H33FN3O9P. The summed E-state index contributed by atoms with van der Waals surface area (Å²) in [6.07, 6.45) is -0.351. The summed E-state index contributed by atoms with van der Waals surface area (Å²) in [6, 6.07) is 7.00. The van der Waals surface area contributed by atoms with Gasteiger partial charge in [0.25, 0.3) is 5.56 Å². The Morgan fingerprint density at radius 1 is 1.26 bits per heavy atom. The highest BCUT2D eigenvalue weighted by Gasteiger charge is 2.39. The lowest BCUT2D eigenvalue weighted by Gasteiger charge is -2.26. The van der Waals surface area contributed by atoms with E-state index in [2.05, 4.69) is 5.09 Å². The van der Waals surface area contributed by atoms with Crippen LogP contribution in [0.15, 0.2) is 57.6 Å². The molecule has 14 heteroatoms. The van der Waals surface area contributed by atoms with Crippen LogP contribution in [0.3, 0.4) is 0 Å². The van der Waals surface area contributed by atoms with Crippen molar-refractivity contribution in [3.05, 3.63) is 74.7 Å². The number of halogens is 1. The molecule has 3 N–H and O–H groups in total. The van der Waals surface area contributed by atoms with Crippen LogP contribution in [0.5, 0.6) is 5.75 Å². The number of para-hydroxylation sites is 1. The number of ether oxygens (including phenoxy) is 2. The molecule has 0 saturated carbocycles. The fourth-order valence-corrected chi connectivity index (χ4v) is 5.42. The first-order valence-electron chi connectivity index (χ1n) is 12.5. The quantitative estimate of drug-likeness (QED) is 0.239. The molecule has 12 nitrogen and oxygen atoms in total. The maximum atomic E-state index is 13.8. The molecule has 0 bridgehead atoms. The molecule has 0 fully saturated rings. The highest BCUT2D eigenvalue weighted by molar-refractivity contribution is 7.52. The van der Waals surface area contributed by atoms with Crippen molar-refractivity contribution in [1.82, 2.24) is 14.6 Å². The number of benzene rings is 1. The van der Waals surface area contributed by atoms with Crippen molar-refractivity contribution in [3.8, 4) is 5.75 Å². The Kier molecular flexibility index (Phi) is 10.1. The first-order valence-corrected chi connectivity index (χ1v) is 14.1. The summed E-state index contributed by atoms with van der Waals surface area (Å²) >= 11 is 0. The summed E-state index contributed by atoms with van der Waals surface area (Å²) in [5, 5.41) is 13.1. The Bertz CT molecular complexity index is 1340. The van der Waals surface area contributed by atoms with Crippen molar-refractivity contribution in [3.63, 3.8) is 0 Å². The van der Waals surface area contributed by atoms with E-state index in [0.29, 0.717) is 6.20 Å². The zero-order valence-corrected chi connectivity index (χ0v) is 23.0. The number of aliphatic hydroxyl groups excluding tert-OH is 1. The number of nitrogens with zero attached hydrogens (tertiary/aromatic N) is 1. The van der Waals surface area contributed by atoms with Gasteiger partial charge in [0.05, 0.1) is 19.2 Å². The summed E-state index contributed by atoms with van der Waals surface area (Å²) in [4.78, 5) is 37.9. The predicted molar refractivity (Wildman–Crippen MR) is 139 cm³/mol. The average molecular weight is 570 g/mol. The molecule has 1 aliphatic rings. The number of carbonyl (C=O) groups is 1. The molecule has 0 radical (unpaired) electrons. The smallest absolute Gasteiger partial charge is 0.460 e. The monoisotopic (exact) mass is 569 g/mol. The third kappa shape index (κ3) is 7.81. The molecular weight excluding hydrogens is 536 g/mol. The number of carbonyl (C=O) groups excluding carboxylic acids is 1. The van der Waals surface area contributed by atoms with Gasteiger partial charge in [-0.3, -0.25) is 23.7 Å². The van der Waals surface area contributed by atoms with Crippen LogP contribution >= 0.6 is 7.75 Å². The number of rotatable bonds is 13. The highest BCUT2D eigenvalue weighted by Crippen LogP contribution is 2.48. The van der Waals surface area contributed by atoms with Crippen LogP contribution in [-0.4, -0.2) is 39.4 Å². The largest absolute Gasteiger partial charge is 0.508 e. The van der Waals surface area contributed by atoms with E-state index in [-0.39, 0.29) is 36.2 Å². The van der Waals surface area contributed by atoms with Gasteiger partial charge in [0.15, 0.2) is 12.0 Å². The molecule has 39 heavy (non-hydrogen) atoms. The molecule has 4 atom stereocenters. The van der Waals surface area contributed by atoms with Crippen LogP contribution in [0.25, 0.3) is 0 Å². The summed E-state index contributed by atoms with van der Waals surface area (Å²) < 4.78 is 50.7. The summed E-state index contributed by atoms with van der Waals surface area (Å²) in [6.45, 7) is 7.04. The second-order valence-corrected chi connectivity index (χ2v) is 10.7. The van der Waals surface area contributed by atoms with Gasteiger partial charge < -0.3 is 19.1 Å². The fourth-order valence-electron chi connectivity index (χ4n) is 3.78. The minimum atomic E-state index is -4.32. The predicted octanol–water partition coefficient (Wildman–Crippen LogP) is 3.91. The third-order valence-electron chi connectivity index (χ3n) is 6.11. The Morgan fingerprint density at radius 2 is 1.92 bits per heavy atom. The average Bonchev–Trinajstić information content (AvgIpc) is 3.28. The number of nitrogens with one attached hydrogen (secondary N) is 2. The molecule has 3 rings (SSSR count). The van der Waals surface area contributed by atoms with E-state index in [4.69, 9.17) is 18.5 Å². The maximum Gasteiger partial charge on any atom is 0.460 e. The first kappa shape index (κ1) is 30.1. The number of hydrogen-bond donors (Lipinski definition) is 3. The van der Waals surface area contributed by atoms with Gasteiger partial charge in [-0.05, 0) is 31.9 Å². The fraction of sp³-hybridized carbons (Fsp3) is 0.480. The standard InChI is InChI=1S/C25H33FN3O9P/c1-5-17(6-2)14-35-24(32)15(3)28-39(34,38-18-10-8-7-9-11-18)37-16(4)22-20(30)12-21(36-22)29-13-19(26)23(31)27-25(29)33/h7-11,13,15-17,21,30H,5-6,12,14H2,1-4H3,(H,28,34)(H,27,31,33)/t15-,16+,21+,39-/m0/s1. The molecule has 214 valence electrons. The second-order valence-electron chi connectivity index (χ2n) is 9.04. The minimum absolute atomic E-state index is 0.178. The van der Waals surface area contributed by atoms with E-state index in [9.17, 15) is 28.4 Å². The van der Waals surface area contributed by atoms with Crippen LogP contribution in [0.2, 0.25) is 0 Å². The first-order chi connectivity index (χ1) is 18.5. The van der Waals surface area contributed by atoms with Crippen LogP contribution in [0.4, 0.5) is 4.39 Å². The molecule has 1 aromatic heterocycles. The second kappa shape index (κ2) is 13.1. The third-order valence-corrected chi connectivity index (χ3v) is 7.85. The van der Waals surface area contributed by atoms with Crippen LogP contribution in [0, 0.1) is 11.7 Å². The van der Waals surface area contributed by atoms with E-state index < -0.39 is 49.2 Å². The number of aromatic nitrogens is 2. The molecule has 0 amide bonds. The Morgan fingerprint density at radius 3 is 2.56 bits per heavy atom. The molecule has 0 aliphatic carbocycles. The number of aromatic amines is 1. The number of aliphatic hydroxyl groups is 1. The topological polar surface area (TPSA) is 158 Å². The van der Waals surface area contributed by atoms with E-state index >= 15 is 0 Å². The van der Waals surface area contributed by atoms with E-state index in [0.717, 1.165) is 17.4 Å². The lowest BCUT2D eigenvalue weighted by molar-refractivity contribution is -0.146. The van der Waals surface area contributed by atoms with Gasteiger partial charge in [-0.15, -0.1) is 0 Å². The van der Waals surface area contributed by atoms with Crippen molar-refractivity contribution in [2.75, 3.05) is 6.61 Å². The van der Waals surface area contributed by atoms with Gasteiger partial charge in [0.1, 0.15) is 23.7 Å². The van der Waals surface area contributed by atoms with Gasteiger partial charge in [-0.2, -0.15) is 9.48 Å². The van der Waals surface area contributed by atoms with E-state index in [1.54, 1.807) is 18.2 Å². The Balaban J connectivity index is 1.77.